The summed E-state index contributed by atoms with van der Waals surface area (Å²) in [6.07, 6.45) is -0.617. The van der Waals surface area contributed by atoms with Crippen LogP contribution in [0.4, 0.5) is 13.2 Å². The SMILES string of the molecule is CC(=O)C(CC(C)C)NC(Cc1cn(Cc2ccc(C(F)(F)F)cc2)cn1)C(=O)O. The fraction of sp³-hybridized carbons (Fsp3) is 0.476. The van der Waals surface area contributed by atoms with E-state index in [1.165, 1.54) is 25.4 Å². The molecule has 0 aliphatic carbocycles. The molecule has 0 saturated heterocycles. The summed E-state index contributed by atoms with van der Waals surface area (Å²) in [7, 11) is 0. The predicted molar refractivity (Wildman–Crippen MR) is 105 cm³/mol. The summed E-state index contributed by atoms with van der Waals surface area (Å²) in [5.41, 5.74) is 0.455. The van der Waals surface area contributed by atoms with Gasteiger partial charge >= 0.3 is 12.1 Å². The first-order chi connectivity index (χ1) is 14.0. The van der Waals surface area contributed by atoms with Gasteiger partial charge < -0.3 is 9.67 Å². The number of carbonyl (C=O) groups is 2. The number of imidazole rings is 1. The van der Waals surface area contributed by atoms with E-state index in [0.29, 0.717) is 24.2 Å². The van der Waals surface area contributed by atoms with Crippen LogP contribution in [-0.4, -0.2) is 38.5 Å². The van der Waals surface area contributed by atoms with Gasteiger partial charge in [-0.25, -0.2) is 4.98 Å². The number of carbonyl (C=O) groups excluding carboxylic acids is 1. The van der Waals surface area contributed by atoms with Crippen LogP contribution in [0.15, 0.2) is 36.8 Å². The lowest BCUT2D eigenvalue weighted by Gasteiger charge is -2.22. The van der Waals surface area contributed by atoms with Gasteiger partial charge in [-0.05, 0) is 37.0 Å². The van der Waals surface area contributed by atoms with Gasteiger partial charge in [0.25, 0.3) is 0 Å². The van der Waals surface area contributed by atoms with E-state index in [-0.39, 0.29) is 18.1 Å². The molecule has 9 heteroatoms. The van der Waals surface area contributed by atoms with Gasteiger partial charge in [-0.2, -0.15) is 13.2 Å². The third-order valence-corrected chi connectivity index (χ3v) is 4.64. The zero-order valence-electron chi connectivity index (χ0n) is 17.1. The maximum absolute atomic E-state index is 12.7. The lowest BCUT2D eigenvalue weighted by Crippen LogP contribution is -2.48. The van der Waals surface area contributed by atoms with Crippen LogP contribution in [-0.2, 0) is 28.7 Å². The zero-order chi connectivity index (χ0) is 22.5. The Balaban J connectivity index is 2.04. The largest absolute Gasteiger partial charge is 0.480 e. The number of benzene rings is 1. The summed E-state index contributed by atoms with van der Waals surface area (Å²) < 4.78 is 39.6. The summed E-state index contributed by atoms with van der Waals surface area (Å²) in [5.74, 6) is -0.978. The molecule has 164 valence electrons. The van der Waals surface area contributed by atoms with Crippen LogP contribution in [0.1, 0.15) is 44.0 Å². The molecule has 2 rings (SSSR count). The minimum absolute atomic E-state index is 0.0806. The molecule has 0 fully saturated rings. The lowest BCUT2D eigenvalue weighted by atomic mass is 9.99. The second-order valence-electron chi connectivity index (χ2n) is 7.79. The fourth-order valence-electron chi connectivity index (χ4n) is 3.10. The Bertz CT molecular complexity index is 860. The molecule has 2 aromatic rings. The Kier molecular flexibility index (Phi) is 7.77. The number of halogens is 3. The highest BCUT2D eigenvalue weighted by Crippen LogP contribution is 2.29. The quantitative estimate of drug-likeness (QED) is 0.608. The van der Waals surface area contributed by atoms with Crippen LogP contribution in [0.25, 0.3) is 0 Å². The Labute approximate surface area is 173 Å². The predicted octanol–water partition coefficient (Wildman–Crippen LogP) is 3.54. The molecule has 1 heterocycles. The average molecular weight is 425 g/mol. The van der Waals surface area contributed by atoms with Gasteiger partial charge in [-0.3, -0.25) is 14.9 Å². The van der Waals surface area contributed by atoms with Gasteiger partial charge in [-0.15, -0.1) is 0 Å². The van der Waals surface area contributed by atoms with E-state index in [1.54, 1.807) is 10.8 Å². The van der Waals surface area contributed by atoms with Crippen molar-refractivity contribution in [2.24, 2.45) is 5.92 Å². The van der Waals surface area contributed by atoms with Crippen LogP contribution in [0.3, 0.4) is 0 Å². The highest BCUT2D eigenvalue weighted by Gasteiger charge is 2.30. The molecule has 0 amide bonds. The molecule has 6 nitrogen and oxygen atoms in total. The standard InChI is InChI=1S/C21H26F3N3O3/c1-13(2)8-18(14(3)28)26-19(20(29)30)9-17-11-27(12-25-17)10-15-4-6-16(7-5-15)21(22,23)24/h4-7,11-13,18-19,26H,8-10H2,1-3H3,(H,29,30). The van der Waals surface area contributed by atoms with Gasteiger partial charge in [0.15, 0.2) is 0 Å². The molecule has 2 unspecified atom stereocenters. The Morgan fingerprint density at radius 2 is 1.80 bits per heavy atom. The normalized spacial score (nSPS) is 14.0. The number of alkyl halides is 3. The first kappa shape index (κ1) is 23.6. The number of Topliss-reactive ketones (excluding diaryl/α,β-unsaturated/α-hetero) is 1. The molecule has 2 N–H and O–H groups in total. The lowest BCUT2D eigenvalue weighted by molar-refractivity contribution is -0.140. The molecule has 30 heavy (non-hydrogen) atoms. The van der Waals surface area contributed by atoms with Crippen molar-refractivity contribution in [2.45, 2.75) is 58.4 Å². The number of aliphatic carboxylic acids is 1. The number of ketones is 1. The maximum atomic E-state index is 12.7. The van der Waals surface area contributed by atoms with Gasteiger partial charge in [0.1, 0.15) is 11.8 Å². The van der Waals surface area contributed by atoms with Crippen molar-refractivity contribution in [1.29, 1.82) is 0 Å². The number of carboxylic acid groups (broad SMARTS) is 1. The highest BCUT2D eigenvalue weighted by atomic mass is 19.4. The van der Waals surface area contributed by atoms with Crippen LogP contribution in [0.5, 0.6) is 0 Å². The number of nitrogens with zero attached hydrogens (tertiary/aromatic N) is 2. The number of hydrogen-bond acceptors (Lipinski definition) is 4. The maximum Gasteiger partial charge on any atom is 0.416 e. The van der Waals surface area contributed by atoms with E-state index in [4.69, 9.17) is 0 Å². The van der Waals surface area contributed by atoms with E-state index in [2.05, 4.69) is 10.3 Å². The average Bonchev–Trinajstić information content (AvgIpc) is 3.06. The minimum atomic E-state index is -4.38. The zero-order valence-corrected chi connectivity index (χ0v) is 17.1. The van der Waals surface area contributed by atoms with Crippen molar-refractivity contribution < 1.29 is 27.9 Å². The van der Waals surface area contributed by atoms with E-state index in [1.807, 2.05) is 13.8 Å². The number of nitrogens with one attached hydrogen (secondary N) is 1. The molecule has 1 aromatic heterocycles. The molecule has 0 aliphatic heterocycles. The molecule has 0 radical (unpaired) electrons. The van der Waals surface area contributed by atoms with Gasteiger partial charge in [0, 0.05) is 19.2 Å². The van der Waals surface area contributed by atoms with E-state index in [9.17, 15) is 27.9 Å². The summed E-state index contributed by atoms with van der Waals surface area (Å²) in [6.45, 7) is 5.64. The van der Waals surface area contributed by atoms with Crippen LogP contribution in [0.2, 0.25) is 0 Å². The smallest absolute Gasteiger partial charge is 0.416 e. The van der Waals surface area contributed by atoms with Crippen LogP contribution < -0.4 is 5.32 Å². The summed E-state index contributed by atoms with van der Waals surface area (Å²) in [5, 5.41) is 12.4. The monoisotopic (exact) mass is 425 g/mol. The van der Waals surface area contributed by atoms with Crippen molar-refractivity contribution >= 4 is 11.8 Å². The molecule has 1 aromatic carbocycles. The van der Waals surface area contributed by atoms with Crippen molar-refractivity contribution in [1.82, 2.24) is 14.9 Å². The second-order valence-corrected chi connectivity index (χ2v) is 7.79. The summed E-state index contributed by atoms with van der Waals surface area (Å²) >= 11 is 0. The Hall–Kier alpha value is -2.68. The molecule has 0 saturated carbocycles. The van der Waals surface area contributed by atoms with E-state index < -0.39 is 29.8 Å². The van der Waals surface area contributed by atoms with Crippen LogP contribution >= 0.6 is 0 Å². The molecular weight excluding hydrogens is 399 g/mol. The van der Waals surface area contributed by atoms with Crippen molar-refractivity contribution in [2.75, 3.05) is 0 Å². The summed E-state index contributed by atoms with van der Waals surface area (Å²) in [4.78, 5) is 27.7. The molecule has 0 aliphatic rings. The van der Waals surface area contributed by atoms with Gasteiger partial charge in [-0.1, -0.05) is 26.0 Å². The first-order valence-electron chi connectivity index (χ1n) is 9.61. The first-order valence-corrected chi connectivity index (χ1v) is 9.61. The third-order valence-electron chi connectivity index (χ3n) is 4.64. The Morgan fingerprint density at radius 3 is 2.30 bits per heavy atom. The minimum Gasteiger partial charge on any atom is -0.480 e. The topological polar surface area (TPSA) is 84.2 Å². The van der Waals surface area contributed by atoms with E-state index in [0.717, 1.165) is 12.1 Å². The number of carboxylic acids is 1. The fourth-order valence-corrected chi connectivity index (χ4v) is 3.10. The van der Waals surface area contributed by atoms with Gasteiger partial charge in [0.2, 0.25) is 0 Å². The van der Waals surface area contributed by atoms with E-state index >= 15 is 0 Å². The van der Waals surface area contributed by atoms with Crippen molar-refractivity contribution in [3.05, 3.63) is 53.6 Å². The number of hydrogen-bond donors (Lipinski definition) is 2. The summed E-state index contributed by atoms with van der Waals surface area (Å²) in [6, 6.07) is 3.30. The molecule has 0 bridgehead atoms. The van der Waals surface area contributed by atoms with Crippen molar-refractivity contribution in [3.8, 4) is 0 Å². The van der Waals surface area contributed by atoms with Gasteiger partial charge in [0.05, 0.1) is 23.6 Å². The molecule has 0 spiro atoms. The second kappa shape index (κ2) is 9.88. The number of rotatable bonds is 10. The Morgan fingerprint density at radius 1 is 1.17 bits per heavy atom. The number of aromatic nitrogens is 2. The van der Waals surface area contributed by atoms with Crippen LogP contribution in [0, 0.1) is 5.92 Å². The highest BCUT2D eigenvalue weighted by molar-refractivity contribution is 5.82. The molecule has 2 atom stereocenters. The van der Waals surface area contributed by atoms with Crippen molar-refractivity contribution in [3.63, 3.8) is 0 Å². The third kappa shape index (κ3) is 6.98. The molecular formula is C21H26F3N3O3.